The molecule has 2 heterocycles. The SMILES string of the molecule is Cc1ccc(OCC(=O)N2CC[C@@H]3CNC[C@@H]3CC2)cc1. The fourth-order valence-electron chi connectivity index (χ4n) is 3.34. The van der Waals surface area contributed by atoms with Gasteiger partial charge in [-0.2, -0.15) is 0 Å². The summed E-state index contributed by atoms with van der Waals surface area (Å²) in [6.07, 6.45) is 2.24. The van der Waals surface area contributed by atoms with Crippen molar-refractivity contribution >= 4 is 5.91 Å². The number of ether oxygens (including phenoxy) is 1. The molecule has 2 saturated heterocycles. The van der Waals surface area contributed by atoms with Gasteiger partial charge < -0.3 is 15.0 Å². The maximum absolute atomic E-state index is 12.3. The molecular weight excluding hydrogens is 264 g/mol. The number of carbonyl (C=O) groups is 1. The van der Waals surface area contributed by atoms with E-state index in [2.05, 4.69) is 5.32 Å². The number of fused-ring (bicyclic) bond motifs is 1. The lowest BCUT2D eigenvalue weighted by Crippen LogP contribution is -2.36. The van der Waals surface area contributed by atoms with Gasteiger partial charge in [-0.05, 0) is 56.8 Å². The maximum atomic E-state index is 12.3. The summed E-state index contributed by atoms with van der Waals surface area (Å²) in [4.78, 5) is 14.3. The van der Waals surface area contributed by atoms with E-state index < -0.39 is 0 Å². The van der Waals surface area contributed by atoms with Gasteiger partial charge >= 0.3 is 0 Å². The molecule has 2 aliphatic rings. The molecule has 1 amide bonds. The topological polar surface area (TPSA) is 41.6 Å². The van der Waals surface area contributed by atoms with E-state index in [1.807, 2.05) is 36.1 Å². The lowest BCUT2D eigenvalue weighted by molar-refractivity contribution is -0.133. The number of rotatable bonds is 3. The van der Waals surface area contributed by atoms with Crippen molar-refractivity contribution in [1.29, 1.82) is 0 Å². The second kappa shape index (κ2) is 6.48. The van der Waals surface area contributed by atoms with Gasteiger partial charge in [0.2, 0.25) is 0 Å². The summed E-state index contributed by atoms with van der Waals surface area (Å²) in [6.45, 7) is 6.17. The molecule has 0 radical (unpaired) electrons. The predicted molar refractivity (Wildman–Crippen MR) is 82.3 cm³/mol. The van der Waals surface area contributed by atoms with Gasteiger partial charge in [-0.3, -0.25) is 4.79 Å². The molecule has 114 valence electrons. The summed E-state index contributed by atoms with van der Waals surface area (Å²) in [5.41, 5.74) is 1.20. The van der Waals surface area contributed by atoms with Crippen molar-refractivity contribution in [1.82, 2.24) is 10.2 Å². The first-order valence-corrected chi connectivity index (χ1v) is 7.90. The van der Waals surface area contributed by atoms with Crippen LogP contribution in [0.2, 0.25) is 0 Å². The van der Waals surface area contributed by atoms with Gasteiger partial charge in [-0.25, -0.2) is 0 Å². The highest BCUT2D eigenvalue weighted by molar-refractivity contribution is 5.77. The molecule has 21 heavy (non-hydrogen) atoms. The first-order chi connectivity index (χ1) is 10.2. The minimum Gasteiger partial charge on any atom is -0.484 e. The quantitative estimate of drug-likeness (QED) is 0.922. The number of nitrogens with zero attached hydrogens (tertiary/aromatic N) is 1. The van der Waals surface area contributed by atoms with Crippen molar-refractivity contribution < 1.29 is 9.53 Å². The number of carbonyl (C=O) groups excluding carboxylic acids is 1. The normalized spacial score (nSPS) is 25.3. The number of aryl methyl sites for hydroxylation is 1. The summed E-state index contributed by atoms with van der Waals surface area (Å²) in [6, 6.07) is 7.84. The summed E-state index contributed by atoms with van der Waals surface area (Å²) < 4.78 is 5.61. The fraction of sp³-hybridized carbons (Fsp3) is 0.588. The third kappa shape index (κ3) is 3.56. The Morgan fingerprint density at radius 3 is 2.43 bits per heavy atom. The van der Waals surface area contributed by atoms with Gasteiger partial charge in [-0.1, -0.05) is 17.7 Å². The second-order valence-electron chi connectivity index (χ2n) is 6.24. The Bertz CT molecular complexity index is 472. The van der Waals surface area contributed by atoms with Crippen LogP contribution in [0.4, 0.5) is 0 Å². The number of nitrogens with one attached hydrogen (secondary N) is 1. The summed E-state index contributed by atoms with van der Waals surface area (Å²) >= 11 is 0. The second-order valence-corrected chi connectivity index (χ2v) is 6.24. The summed E-state index contributed by atoms with van der Waals surface area (Å²) in [5.74, 6) is 2.38. The first-order valence-electron chi connectivity index (χ1n) is 7.90. The Hall–Kier alpha value is -1.55. The van der Waals surface area contributed by atoms with E-state index in [0.717, 1.165) is 56.6 Å². The number of likely N-dealkylation sites (tertiary alicyclic amines) is 1. The lowest BCUT2D eigenvalue weighted by Gasteiger charge is -2.21. The molecule has 0 aliphatic carbocycles. The maximum Gasteiger partial charge on any atom is 0.260 e. The highest BCUT2D eigenvalue weighted by Gasteiger charge is 2.31. The Kier molecular flexibility index (Phi) is 4.44. The van der Waals surface area contributed by atoms with E-state index in [-0.39, 0.29) is 12.5 Å². The third-order valence-electron chi connectivity index (χ3n) is 4.76. The highest BCUT2D eigenvalue weighted by Crippen LogP contribution is 2.27. The van der Waals surface area contributed by atoms with E-state index in [0.29, 0.717) is 0 Å². The minimum atomic E-state index is 0.114. The van der Waals surface area contributed by atoms with Gasteiger partial charge in [0.1, 0.15) is 5.75 Å². The fourth-order valence-corrected chi connectivity index (χ4v) is 3.34. The Morgan fingerprint density at radius 1 is 1.19 bits per heavy atom. The standard InChI is InChI=1S/C17H24N2O2/c1-13-2-4-16(5-3-13)21-12-17(20)19-8-6-14-10-18-11-15(14)7-9-19/h2-5,14-15,18H,6-12H2,1H3/t14-,15+. The van der Waals surface area contributed by atoms with Crippen LogP contribution in [0.15, 0.2) is 24.3 Å². The van der Waals surface area contributed by atoms with Crippen LogP contribution >= 0.6 is 0 Å². The van der Waals surface area contributed by atoms with E-state index >= 15 is 0 Å². The number of hydrogen-bond donors (Lipinski definition) is 1. The molecule has 2 aliphatic heterocycles. The lowest BCUT2D eigenvalue weighted by atomic mass is 9.92. The molecule has 0 bridgehead atoms. The monoisotopic (exact) mass is 288 g/mol. The summed E-state index contributed by atoms with van der Waals surface area (Å²) in [7, 11) is 0. The van der Waals surface area contributed by atoms with E-state index in [9.17, 15) is 4.79 Å². The first kappa shape index (κ1) is 14.4. The molecule has 2 fully saturated rings. The van der Waals surface area contributed by atoms with Crippen LogP contribution in [-0.2, 0) is 4.79 Å². The molecule has 0 spiro atoms. The molecule has 1 N–H and O–H groups in total. The number of benzene rings is 1. The molecule has 0 unspecified atom stereocenters. The molecular formula is C17H24N2O2. The Balaban J connectivity index is 1.50. The molecule has 2 atom stereocenters. The number of hydrogen-bond acceptors (Lipinski definition) is 3. The van der Waals surface area contributed by atoms with Gasteiger partial charge in [0.15, 0.2) is 6.61 Å². The average molecular weight is 288 g/mol. The van der Waals surface area contributed by atoms with Gasteiger partial charge in [0.25, 0.3) is 5.91 Å². The Labute approximate surface area is 126 Å². The van der Waals surface area contributed by atoms with Crippen molar-refractivity contribution in [2.45, 2.75) is 19.8 Å². The van der Waals surface area contributed by atoms with Crippen LogP contribution in [-0.4, -0.2) is 43.6 Å². The molecule has 0 saturated carbocycles. The van der Waals surface area contributed by atoms with Crippen molar-refractivity contribution in [2.24, 2.45) is 11.8 Å². The molecule has 4 heteroatoms. The minimum absolute atomic E-state index is 0.114. The van der Waals surface area contributed by atoms with Crippen LogP contribution in [0.5, 0.6) is 5.75 Å². The molecule has 1 aromatic rings. The zero-order chi connectivity index (χ0) is 14.7. The van der Waals surface area contributed by atoms with Crippen molar-refractivity contribution in [3.63, 3.8) is 0 Å². The van der Waals surface area contributed by atoms with Gasteiger partial charge in [0, 0.05) is 13.1 Å². The van der Waals surface area contributed by atoms with Gasteiger partial charge in [0.05, 0.1) is 0 Å². The van der Waals surface area contributed by atoms with Crippen LogP contribution in [0.1, 0.15) is 18.4 Å². The molecule has 3 rings (SSSR count). The van der Waals surface area contributed by atoms with Gasteiger partial charge in [-0.15, -0.1) is 0 Å². The highest BCUT2D eigenvalue weighted by atomic mass is 16.5. The van der Waals surface area contributed by atoms with Crippen LogP contribution in [0, 0.1) is 18.8 Å². The largest absolute Gasteiger partial charge is 0.484 e. The molecule has 4 nitrogen and oxygen atoms in total. The van der Waals surface area contributed by atoms with Crippen molar-refractivity contribution in [3.05, 3.63) is 29.8 Å². The zero-order valence-corrected chi connectivity index (χ0v) is 12.7. The Morgan fingerprint density at radius 2 is 1.81 bits per heavy atom. The third-order valence-corrected chi connectivity index (χ3v) is 4.76. The number of amides is 1. The molecule has 0 aromatic heterocycles. The molecule has 1 aromatic carbocycles. The smallest absolute Gasteiger partial charge is 0.260 e. The van der Waals surface area contributed by atoms with Crippen molar-refractivity contribution in [2.75, 3.05) is 32.8 Å². The van der Waals surface area contributed by atoms with Crippen molar-refractivity contribution in [3.8, 4) is 5.75 Å². The zero-order valence-electron chi connectivity index (χ0n) is 12.7. The van der Waals surface area contributed by atoms with Crippen LogP contribution in [0.3, 0.4) is 0 Å². The van der Waals surface area contributed by atoms with Crippen LogP contribution < -0.4 is 10.1 Å². The predicted octanol–water partition coefficient (Wildman–Crippen LogP) is 1.83. The van der Waals surface area contributed by atoms with Crippen LogP contribution in [0.25, 0.3) is 0 Å². The van der Waals surface area contributed by atoms with E-state index in [1.54, 1.807) is 0 Å². The average Bonchev–Trinajstić information content (AvgIpc) is 2.85. The van der Waals surface area contributed by atoms with E-state index in [4.69, 9.17) is 4.74 Å². The summed E-state index contributed by atoms with van der Waals surface area (Å²) in [5, 5.41) is 3.46. The van der Waals surface area contributed by atoms with E-state index in [1.165, 1.54) is 5.56 Å².